The lowest BCUT2D eigenvalue weighted by Gasteiger charge is -2.12. The van der Waals surface area contributed by atoms with Crippen molar-refractivity contribution in [2.75, 3.05) is 13.7 Å². The van der Waals surface area contributed by atoms with E-state index in [-0.39, 0.29) is 6.10 Å². The molecule has 1 aromatic carbocycles. The molecule has 0 saturated carbocycles. The summed E-state index contributed by atoms with van der Waals surface area (Å²) in [6, 6.07) is 8.54. The Hall–Kier alpha value is -1.32. The van der Waals surface area contributed by atoms with Crippen molar-refractivity contribution in [3.63, 3.8) is 0 Å². The van der Waals surface area contributed by atoms with E-state index in [0.29, 0.717) is 0 Å². The molecule has 1 aromatic heterocycles. The van der Waals surface area contributed by atoms with Crippen molar-refractivity contribution in [3.8, 4) is 0 Å². The molecule has 18 heavy (non-hydrogen) atoms. The van der Waals surface area contributed by atoms with Crippen molar-refractivity contribution in [2.45, 2.75) is 26.5 Å². The highest BCUT2D eigenvalue weighted by Gasteiger charge is 2.10. The fourth-order valence-corrected chi connectivity index (χ4v) is 2.36. The van der Waals surface area contributed by atoms with Crippen LogP contribution in [-0.2, 0) is 18.3 Å². The number of para-hydroxylation sites is 1. The minimum absolute atomic E-state index is 0.250. The van der Waals surface area contributed by atoms with Crippen LogP contribution in [0.3, 0.4) is 0 Å². The number of methoxy groups -OCH3 is 1. The smallest absolute Gasteiger partial charge is 0.0667 e. The third-order valence-electron chi connectivity index (χ3n) is 3.63. The van der Waals surface area contributed by atoms with Crippen LogP contribution in [0, 0.1) is 6.92 Å². The average molecular weight is 246 g/mol. The molecule has 2 aromatic rings. The minimum atomic E-state index is 0.250. The van der Waals surface area contributed by atoms with Gasteiger partial charge in [-0.25, -0.2) is 0 Å². The molecule has 0 amide bonds. The van der Waals surface area contributed by atoms with Crippen LogP contribution in [0.1, 0.15) is 18.2 Å². The second-order valence-electron chi connectivity index (χ2n) is 4.83. The first kappa shape index (κ1) is 13.1. The molecule has 1 N–H and O–H groups in total. The standard InChI is InChI=1S/C15H22N2O/c1-11(18-4)9-16-10-15-12(2)13-7-5-6-8-14(13)17(15)3/h5-8,11,16H,9-10H2,1-4H3. The molecule has 0 bridgehead atoms. The summed E-state index contributed by atoms with van der Waals surface area (Å²) in [5, 5.41) is 4.79. The zero-order chi connectivity index (χ0) is 13.1. The molecule has 2 rings (SSSR count). The van der Waals surface area contributed by atoms with Crippen LogP contribution < -0.4 is 5.32 Å². The van der Waals surface area contributed by atoms with E-state index in [2.05, 4.69) is 55.0 Å². The molecule has 1 unspecified atom stereocenters. The Labute approximate surface area is 109 Å². The number of nitrogens with one attached hydrogen (secondary N) is 1. The number of nitrogens with zero attached hydrogens (tertiary/aromatic N) is 1. The van der Waals surface area contributed by atoms with Crippen molar-refractivity contribution in [2.24, 2.45) is 7.05 Å². The molecular weight excluding hydrogens is 224 g/mol. The number of rotatable bonds is 5. The first-order valence-electron chi connectivity index (χ1n) is 6.41. The zero-order valence-corrected chi connectivity index (χ0v) is 11.7. The third kappa shape index (κ3) is 2.42. The molecule has 3 nitrogen and oxygen atoms in total. The monoisotopic (exact) mass is 246 g/mol. The Balaban J connectivity index is 2.18. The lowest BCUT2D eigenvalue weighted by molar-refractivity contribution is 0.117. The van der Waals surface area contributed by atoms with E-state index in [0.717, 1.165) is 13.1 Å². The average Bonchev–Trinajstić information content (AvgIpc) is 2.64. The summed E-state index contributed by atoms with van der Waals surface area (Å²) in [5.41, 5.74) is 4.01. The maximum Gasteiger partial charge on any atom is 0.0667 e. The van der Waals surface area contributed by atoms with Crippen LogP contribution in [-0.4, -0.2) is 24.3 Å². The minimum Gasteiger partial charge on any atom is -0.380 e. The molecule has 3 heteroatoms. The van der Waals surface area contributed by atoms with Gasteiger partial charge in [-0.2, -0.15) is 0 Å². The molecule has 0 aliphatic carbocycles. The van der Waals surface area contributed by atoms with E-state index < -0.39 is 0 Å². The number of benzene rings is 1. The van der Waals surface area contributed by atoms with Crippen LogP contribution >= 0.6 is 0 Å². The molecule has 1 atom stereocenters. The fraction of sp³-hybridized carbons (Fsp3) is 0.467. The van der Waals surface area contributed by atoms with Gasteiger partial charge in [0.1, 0.15) is 0 Å². The van der Waals surface area contributed by atoms with E-state index in [9.17, 15) is 0 Å². The Kier molecular flexibility index (Phi) is 4.04. The first-order chi connectivity index (χ1) is 8.65. The van der Waals surface area contributed by atoms with Crippen molar-refractivity contribution in [1.29, 1.82) is 0 Å². The largest absolute Gasteiger partial charge is 0.380 e. The maximum atomic E-state index is 5.24. The van der Waals surface area contributed by atoms with Gasteiger partial charge in [-0.05, 0) is 25.5 Å². The van der Waals surface area contributed by atoms with Gasteiger partial charge < -0.3 is 14.6 Å². The maximum absolute atomic E-state index is 5.24. The quantitative estimate of drug-likeness (QED) is 0.877. The van der Waals surface area contributed by atoms with Crippen molar-refractivity contribution < 1.29 is 4.74 Å². The summed E-state index contributed by atoms with van der Waals surface area (Å²) >= 11 is 0. The second kappa shape index (κ2) is 5.55. The van der Waals surface area contributed by atoms with Gasteiger partial charge in [0, 0.05) is 43.8 Å². The number of aryl methyl sites for hydroxylation is 2. The summed E-state index contributed by atoms with van der Waals surface area (Å²) in [4.78, 5) is 0. The molecular formula is C15H22N2O. The summed E-state index contributed by atoms with van der Waals surface area (Å²) in [5.74, 6) is 0. The number of ether oxygens (including phenoxy) is 1. The fourth-order valence-electron chi connectivity index (χ4n) is 2.36. The highest BCUT2D eigenvalue weighted by atomic mass is 16.5. The van der Waals surface area contributed by atoms with Crippen molar-refractivity contribution >= 4 is 10.9 Å². The van der Waals surface area contributed by atoms with Crippen molar-refractivity contribution in [1.82, 2.24) is 9.88 Å². The van der Waals surface area contributed by atoms with Gasteiger partial charge in [-0.15, -0.1) is 0 Å². The van der Waals surface area contributed by atoms with Gasteiger partial charge in [-0.1, -0.05) is 18.2 Å². The summed E-state index contributed by atoms with van der Waals surface area (Å²) in [6.07, 6.45) is 0.250. The molecule has 0 aliphatic heterocycles. The molecule has 0 spiro atoms. The summed E-state index contributed by atoms with van der Waals surface area (Å²) < 4.78 is 7.51. The Bertz CT molecular complexity index is 492. The summed E-state index contributed by atoms with van der Waals surface area (Å²) in [7, 11) is 3.88. The van der Waals surface area contributed by atoms with Gasteiger partial charge in [0.05, 0.1) is 6.10 Å². The number of aromatic nitrogens is 1. The predicted octanol–water partition coefficient (Wildman–Crippen LogP) is 2.61. The highest BCUT2D eigenvalue weighted by Crippen LogP contribution is 2.24. The van der Waals surface area contributed by atoms with E-state index in [1.165, 1.54) is 22.2 Å². The van der Waals surface area contributed by atoms with Gasteiger partial charge in [0.15, 0.2) is 0 Å². The first-order valence-corrected chi connectivity index (χ1v) is 6.41. The van der Waals surface area contributed by atoms with Gasteiger partial charge in [0.25, 0.3) is 0 Å². The van der Waals surface area contributed by atoms with Crippen LogP contribution in [0.4, 0.5) is 0 Å². The molecule has 98 valence electrons. The third-order valence-corrected chi connectivity index (χ3v) is 3.63. The van der Waals surface area contributed by atoms with E-state index in [1.807, 2.05) is 0 Å². The van der Waals surface area contributed by atoms with Crippen LogP contribution in [0.15, 0.2) is 24.3 Å². The van der Waals surface area contributed by atoms with E-state index in [1.54, 1.807) is 7.11 Å². The Morgan fingerprint density at radius 3 is 2.72 bits per heavy atom. The number of hydrogen-bond donors (Lipinski definition) is 1. The van der Waals surface area contributed by atoms with E-state index >= 15 is 0 Å². The van der Waals surface area contributed by atoms with Gasteiger partial charge in [-0.3, -0.25) is 0 Å². The SMILES string of the molecule is COC(C)CNCc1c(C)c2ccccc2n1C. The predicted molar refractivity (Wildman–Crippen MR) is 75.8 cm³/mol. The highest BCUT2D eigenvalue weighted by molar-refractivity contribution is 5.85. The number of fused-ring (bicyclic) bond motifs is 1. The second-order valence-corrected chi connectivity index (χ2v) is 4.83. The van der Waals surface area contributed by atoms with Crippen LogP contribution in [0.2, 0.25) is 0 Å². The Morgan fingerprint density at radius 1 is 1.33 bits per heavy atom. The molecule has 1 heterocycles. The molecule has 0 saturated heterocycles. The van der Waals surface area contributed by atoms with Crippen LogP contribution in [0.5, 0.6) is 0 Å². The molecule has 0 fully saturated rings. The van der Waals surface area contributed by atoms with E-state index in [4.69, 9.17) is 4.74 Å². The molecule has 0 aliphatic rings. The topological polar surface area (TPSA) is 26.2 Å². The zero-order valence-electron chi connectivity index (χ0n) is 11.7. The van der Waals surface area contributed by atoms with Gasteiger partial charge in [0.2, 0.25) is 0 Å². The van der Waals surface area contributed by atoms with Gasteiger partial charge >= 0.3 is 0 Å². The van der Waals surface area contributed by atoms with Crippen LogP contribution in [0.25, 0.3) is 10.9 Å². The van der Waals surface area contributed by atoms with Crippen molar-refractivity contribution in [3.05, 3.63) is 35.5 Å². The lowest BCUT2D eigenvalue weighted by Crippen LogP contribution is -2.26. The number of hydrogen-bond acceptors (Lipinski definition) is 2. The normalized spacial score (nSPS) is 13.1. The molecule has 0 radical (unpaired) electrons. The Morgan fingerprint density at radius 2 is 2.06 bits per heavy atom. The lowest BCUT2D eigenvalue weighted by atomic mass is 10.1. The summed E-state index contributed by atoms with van der Waals surface area (Å²) in [6.45, 7) is 6.02.